The van der Waals surface area contributed by atoms with Gasteiger partial charge in [-0.3, -0.25) is 9.59 Å². The number of benzene rings is 1. The fraction of sp³-hybridized carbons (Fsp3) is 0.579. The highest BCUT2D eigenvalue weighted by Crippen LogP contribution is 2.28. The van der Waals surface area contributed by atoms with E-state index in [2.05, 4.69) is 0 Å². The van der Waals surface area contributed by atoms with E-state index in [4.69, 9.17) is 17.3 Å². The van der Waals surface area contributed by atoms with Crippen LogP contribution in [0.2, 0.25) is 5.02 Å². The zero-order valence-electron chi connectivity index (χ0n) is 15.5. The summed E-state index contributed by atoms with van der Waals surface area (Å²) in [7, 11) is 0. The molecule has 0 aromatic heterocycles. The van der Waals surface area contributed by atoms with Gasteiger partial charge in [-0.1, -0.05) is 37.6 Å². The van der Waals surface area contributed by atoms with E-state index < -0.39 is 5.41 Å². The summed E-state index contributed by atoms with van der Waals surface area (Å²) in [4.78, 5) is 29.0. The SMILES string of the molecule is CCC(CC)(CN)C(=O)N1CCN(C(=O)Cc2cccc(Cl)c2)CC1.Cl. The molecule has 0 saturated carbocycles. The van der Waals surface area contributed by atoms with E-state index in [1.807, 2.05) is 41.8 Å². The van der Waals surface area contributed by atoms with Gasteiger partial charge in [-0.15, -0.1) is 12.4 Å². The summed E-state index contributed by atoms with van der Waals surface area (Å²) >= 11 is 5.97. The van der Waals surface area contributed by atoms with Crippen LogP contribution in [-0.2, 0) is 16.0 Å². The Bertz CT molecular complexity index is 604. The Morgan fingerprint density at radius 1 is 1.12 bits per heavy atom. The highest BCUT2D eigenvalue weighted by molar-refractivity contribution is 6.30. The molecule has 2 N–H and O–H groups in total. The van der Waals surface area contributed by atoms with Crippen LogP contribution in [0.3, 0.4) is 0 Å². The predicted molar refractivity (Wildman–Crippen MR) is 108 cm³/mol. The average molecular weight is 402 g/mol. The first-order chi connectivity index (χ1) is 12.0. The van der Waals surface area contributed by atoms with Crippen molar-refractivity contribution in [1.29, 1.82) is 0 Å². The minimum absolute atomic E-state index is 0. The van der Waals surface area contributed by atoms with Crippen LogP contribution in [0, 0.1) is 5.41 Å². The quantitative estimate of drug-likeness (QED) is 0.796. The second-order valence-electron chi connectivity index (χ2n) is 6.67. The number of nitrogens with two attached hydrogens (primary N) is 1. The molecule has 146 valence electrons. The lowest BCUT2D eigenvalue weighted by Gasteiger charge is -2.40. The maximum absolute atomic E-state index is 12.8. The minimum Gasteiger partial charge on any atom is -0.339 e. The molecule has 26 heavy (non-hydrogen) atoms. The van der Waals surface area contributed by atoms with Crippen LogP contribution in [0.25, 0.3) is 0 Å². The topological polar surface area (TPSA) is 66.6 Å². The van der Waals surface area contributed by atoms with Gasteiger partial charge in [0.2, 0.25) is 11.8 Å². The Balaban J connectivity index is 0.00000338. The van der Waals surface area contributed by atoms with Crippen molar-refractivity contribution in [1.82, 2.24) is 9.80 Å². The van der Waals surface area contributed by atoms with Crippen LogP contribution in [0.4, 0.5) is 0 Å². The lowest BCUT2D eigenvalue weighted by Crippen LogP contribution is -2.55. The molecule has 0 spiro atoms. The summed E-state index contributed by atoms with van der Waals surface area (Å²) in [6, 6.07) is 7.37. The van der Waals surface area contributed by atoms with Gasteiger partial charge in [0, 0.05) is 37.7 Å². The summed E-state index contributed by atoms with van der Waals surface area (Å²) in [6.07, 6.45) is 1.82. The van der Waals surface area contributed by atoms with Gasteiger partial charge in [0.05, 0.1) is 11.8 Å². The number of amides is 2. The summed E-state index contributed by atoms with van der Waals surface area (Å²) in [5.41, 5.74) is 6.33. The first kappa shape index (κ1) is 22.7. The van der Waals surface area contributed by atoms with Crippen molar-refractivity contribution >= 4 is 35.8 Å². The smallest absolute Gasteiger partial charge is 0.230 e. The first-order valence-corrected chi connectivity index (χ1v) is 9.35. The third kappa shape index (κ3) is 5.12. The summed E-state index contributed by atoms with van der Waals surface area (Å²) in [5, 5.41) is 0.637. The zero-order chi connectivity index (χ0) is 18.4. The molecule has 7 heteroatoms. The molecule has 2 amide bonds. The van der Waals surface area contributed by atoms with Crippen LogP contribution in [0.1, 0.15) is 32.3 Å². The van der Waals surface area contributed by atoms with Gasteiger partial charge in [0.15, 0.2) is 0 Å². The molecular weight excluding hydrogens is 373 g/mol. The lowest BCUT2D eigenvalue weighted by molar-refractivity contribution is -0.147. The van der Waals surface area contributed by atoms with Crippen molar-refractivity contribution in [2.24, 2.45) is 11.1 Å². The highest BCUT2D eigenvalue weighted by Gasteiger charge is 2.38. The summed E-state index contributed by atoms with van der Waals surface area (Å²) < 4.78 is 0. The third-order valence-electron chi connectivity index (χ3n) is 5.36. The van der Waals surface area contributed by atoms with Gasteiger partial charge in [-0.25, -0.2) is 0 Å². The lowest BCUT2D eigenvalue weighted by atomic mass is 9.81. The van der Waals surface area contributed by atoms with Gasteiger partial charge in [0.25, 0.3) is 0 Å². The van der Waals surface area contributed by atoms with Gasteiger partial charge in [-0.2, -0.15) is 0 Å². The Morgan fingerprint density at radius 2 is 1.69 bits per heavy atom. The number of halogens is 2. The summed E-state index contributed by atoms with van der Waals surface area (Å²) in [6.45, 7) is 6.67. The number of piperazine rings is 1. The van der Waals surface area contributed by atoms with E-state index in [-0.39, 0.29) is 24.2 Å². The van der Waals surface area contributed by atoms with Gasteiger partial charge in [-0.05, 0) is 30.5 Å². The van der Waals surface area contributed by atoms with Crippen LogP contribution in [0.5, 0.6) is 0 Å². The van der Waals surface area contributed by atoms with Gasteiger partial charge in [0.1, 0.15) is 0 Å². The molecule has 1 heterocycles. The molecule has 0 radical (unpaired) electrons. The largest absolute Gasteiger partial charge is 0.339 e. The van der Waals surface area contributed by atoms with Crippen LogP contribution >= 0.6 is 24.0 Å². The van der Waals surface area contributed by atoms with Crippen molar-refractivity contribution in [3.05, 3.63) is 34.9 Å². The van der Waals surface area contributed by atoms with E-state index in [0.29, 0.717) is 44.2 Å². The van der Waals surface area contributed by atoms with E-state index in [1.165, 1.54) is 0 Å². The third-order valence-corrected chi connectivity index (χ3v) is 5.60. The van der Waals surface area contributed by atoms with Crippen molar-refractivity contribution in [2.45, 2.75) is 33.1 Å². The fourth-order valence-corrected chi connectivity index (χ4v) is 3.57. The molecule has 1 saturated heterocycles. The van der Waals surface area contributed by atoms with Crippen molar-refractivity contribution < 1.29 is 9.59 Å². The molecule has 0 unspecified atom stereocenters. The molecule has 1 aromatic rings. The van der Waals surface area contributed by atoms with Crippen LogP contribution in [-0.4, -0.2) is 54.3 Å². The number of nitrogens with zero attached hydrogens (tertiary/aromatic N) is 2. The second-order valence-corrected chi connectivity index (χ2v) is 7.11. The molecule has 1 aromatic carbocycles. The summed E-state index contributed by atoms with van der Waals surface area (Å²) in [5.74, 6) is 0.201. The molecule has 0 aliphatic carbocycles. The second kappa shape index (κ2) is 10.1. The predicted octanol–water partition coefficient (Wildman–Crippen LogP) is 2.74. The van der Waals surface area contributed by atoms with Crippen LogP contribution in [0.15, 0.2) is 24.3 Å². The van der Waals surface area contributed by atoms with Crippen molar-refractivity contribution in [2.75, 3.05) is 32.7 Å². The Labute approximate surface area is 167 Å². The maximum Gasteiger partial charge on any atom is 0.230 e. The average Bonchev–Trinajstić information content (AvgIpc) is 2.63. The number of hydrogen-bond acceptors (Lipinski definition) is 3. The van der Waals surface area contributed by atoms with E-state index in [1.54, 1.807) is 6.07 Å². The molecular formula is C19H29Cl2N3O2. The normalized spacial score (nSPS) is 14.8. The highest BCUT2D eigenvalue weighted by atomic mass is 35.5. The van der Waals surface area contributed by atoms with Crippen LogP contribution < -0.4 is 5.73 Å². The minimum atomic E-state index is -0.465. The monoisotopic (exact) mass is 401 g/mol. The molecule has 2 rings (SSSR count). The van der Waals surface area contributed by atoms with Crippen molar-refractivity contribution in [3.63, 3.8) is 0 Å². The number of rotatable bonds is 6. The van der Waals surface area contributed by atoms with Gasteiger partial charge >= 0.3 is 0 Å². The number of carbonyl (C=O) groups excluding carboxylic acids is 2. The maximum atomic E-state index is 12.8. The number of hydrogen-bond donors (Lipinski definition) is 1. The molecule has 1 aliphatic rings. The Morgan fingerprint density at radius 3 is 2.19 bits per heavy atom. The zero-order valence-corrected chi connectivity index (χ0v) is 17.1. The Hall–Kier alpha value is -1.30. The standard InChI is InChI=1S/C19H28ClN3O2.ClH/c1-3-19(4-2,14-21)18(25)23-10-8-22(9-11-23)17(24)13-15-6-5-7-16(20)12-15;/h5-7,12H,3-4,8-11,13-14,21H2,1-2H3;1H. The first-order valence-electron chi connectivity index (χ1n) is 8.97. The molecule has 0 atom stereocenters. The molecule has 1 aliphatic heterocycles. The van der Waals surface area contributed by atoms with Gasteiger partial charge < -0.3 is 15.5 Å². The molecule has 1 fully saturated rings. The molecule has 5 nitrogen and oxygen atoms in total. The van der Waals surface area contributed by atoms with E-state index in [0.717, 1.165) is 18.4 Å². The molecule has 0 bridgehead atoms. The van der Waals surface area contributed by atoms with Crippen molar-refractivity contribution in [3.8, 4) is 0 Å². The fourth-order valence-electron chi connectivity index (χ4n) is 3.36. The Kier molecular flexibility index (Phi) is 8.87. The van der Waals surface area contributed by atoms with E-state index in [9.17, 15) is 9.59 Å². The number of carbonyl (C=O) groups is 2. The van der Waals surface area contributed by atoms with E-state index >= 15 is 0 Å².